The molecule has 0 saturated carbocycles. The number of rotatable bonds is 1. The number of nitrogens with zero attached hydrogens (tertiary/aromatic N) is 5. The predicted molar refractivity (Wildman–Crippen MR) is 65.1 cm³/mol. The van der Waals surface area contributed by atoms with E-state index in [0.717, 1.165) is 0 Å². The standard InChI is InChI=1S/C10H12N6O4/c1-11-7-4-8-15(14-13-4)2-3-5(17)6(18)9(20-3)16(8)10(19)12-7/h3,5-6,9,17-18H,2H2,1H3,(H,11,12,19)/t3-,5-,6-,9?/m1/s1. The van der Waals surface area contributed by atoms with E-state index in [-0.39, 0.29) is 6.54 Å². The monoisotopic (exact) mass is 280 g/mol. The molecule has 2 aromatic heterocycles. The second kappa shape index (κ2) is 3.75. The minimum atomic E-state index is -1.19. The molecule has 20 heavy (non-hydrogen) atoms. The van der Waals surface area contributed by atoms with Gasteiger partial charge in [-0.2, -0.15) is 4.98 Å². The number of fused-ring (bicyclic) bond motifs is 3. The average molecular weight is 280 g/mol. The molecule has 2 aromatic rings. The molecule has 1 saturated heterocycles. The topological polar surface area (TPSA) is 127 Å². The molecule has 106 valence electrons. The van der Waals surface area contributed by atoms with Crippen molar-refractivity contribution in [2.75, 3.05) is 12.4 Å². The lowest BCUT2D eigenvalue weighted by Crippen LogP contribution is -2.39. The van der Waals surface area contributed by atoms with Gasteiger partial charge in [-0.05, 0) is 0 Å². The normalized spacial score (nSPS) is 31.6. The summed E-state index contributed by atoms with van der Waals surface area (Å²) in [6.45, 7) is 0.206. The summed E-state index contributed by atoms with van der Waals surface area (Å²) in [5.74, 6) is 0.320. The number of ether oxygens (including phenoxy) is 1. The van der Waals surface area contributed by atoms with Gasteiger partial charge in [0, 0.05) is 7.05 Å². The maximum absolute atomic E-state index is 12.2. The van der Waals surface area contributed by atoms with E-state index in [1.807, 2.05) is 0 Å². The second-order valence-corrected chi connectivity index (χ2v) is 4.85. The third kappa shape index (κ3) is 1.27. The summed E-state index contributed by atoms with van der Waals surface area (Å²) in [6.07, 6.45) is -3.89. The van der Waals surface area contributed by atoms with Crippen LogP contribution in [0.25, 0.3) is 11.2 Å². The van der Waals surface area contributed by atoms with Crippen LogP contribution in [0.3, 0.4) is 0 Å². The van der Waals surface area contributed by atoms with Crippen LogP contribution >= 0.6 is 0 Å². The Kier molecular flexibility index (Phi) is 2.20. The fourth-order valence-corrected chi connectivity index (χ4v) is 2.78. The first kappa shape index (κ1) is 11.8. The van der Waals surface area contributed by atoms with Gasteiger partial charge in [0.25, 0.3) is 0 Å². The third-order valence-electron chi connectivity index (χ3n) is 3.76. The fourth-order valence-electron chi connectivity index (χ4n) is 2.78. The van der Waals surface area contributed by atoms with Crippen molar-refractivity contribution < 1.29 is 14.9 Å². The van der Waals surface area contributed by atoms with Crippen molar-refractivity contribution >= 4 is 17.0 Å². The summed E-state index contributed by atoms with van der Waals surface area (Å²) < 4.78 is 8.22. The molecule has 4 rings (SSSR count). The van der Waals surface area contributed by atoms with E-state index in [4.69, 9.17) is 4.74 Å². The molecule has 10 heteroatoms. The Hall–Kier alpha value is -2.04. The van der Waals surface area contributed by atoms with Gasteiger partial charge in [-0.1, -0.05) is 5.21 Å². The van der Waals surface area contributed by atoms with Gasteiger partial charge in [-0.3, -0.25) is 0 Å². The molecule has 0 aliphatic carbocycles. The summed E-state index contributed by atoms with van der Waals surface area (Å²) in [4.78, 5) is 16.1. The number of hydrogen-bond acceptors (Lipinski definition) is 8. The molecule has 3 N–H and O–H groups in total. The van der Waals surface area contributed by atoms with Crippen LogP contribution in [0.4, 0.5) is 5.82 Å². The van der Waals surface area contributed by atoms with Crippen molar-refractivity contribution in [3.63, 3.8) is 0 Å². The first-order valence-corrected chi connectivity index (χ1v) is 6.17. The Balaban J connectivity index is 2.08. The van der Waals surface area contributed by atoms with Gasteiger partial charge >= 0.3 is 5.69 Å². The molecule has 1 fully saturated rings. The zero-order chi connectivity index (χ0) is 14.0. The summed E-state index contributed by atoms with van der Waals surface area (Å²) in [5, 5.41) is 30.7. The van der Waals surface area contributed by atoms with Crippen molar-refractivity contribution in [1.82, 2.24) is 24.5 Å². The molecule has 0 spiro atoms. The van der Waals surface area contributed by atoms with E-state index >= 15 is 0 Å². The van der Waals surface area contributed by atoms with Crippen LogP contribution in [0.1, 0.15) is 6.23 Å². The Morgan fingerprint density at radius 3 is 2.95 bits per heavy atom. The van der Waals surface area contributed by atoms with E-state index in [1.165, 1.54) is 9.25 Å². The number of nitrogens with one attached hydrogen (secondary N) is 1. The molecule has 2 bridgehead atoms. The van der Waals surface area contributed by atoms with Crippen molar-refractivity contribution in [2.45, 2.75) is 31.1 Å². The van der Waals surface area contributed by atoms with E-state index in [0.29, 0.717) is 17.0 Å². The molecule has 0 aromatic carbocycles. The molecule has 4 atom stereocenters. The second-order valence-electron chi connectivity index (χ2n) is 4.85. The first-order valence-electron chi connectivity index (χ1n) is 6.17. The lowest BCUT2D eigenvalue weighted by atomic mass is 10.1. The largest absolute Gasteiger partial charge is 0.387 e. The lowest BCUT2D eigenvalue weighted by Gasteiger charge is -2.19. The fraction of sp³-hybridized carbons (Fsp3) is 0.600. The summed E-state index contributed by atoms with van der Waals surface area (Å²) in [7, 11) is 1.63. The molecule has 0 amide bonds. The van der Waals surface area contributed by atoms with Crippen molar-refractivity contribution in [3.8, 4) is 0 Å². The highest BCUT2D eigenvalue weighted by atomic mass is 16.6. The number of aliphatic hydroxyl groups excluding tert-OH is 2. The maximum Gasteiger partial charge on any atom is 0.353 e. The van der Waals surface area contributed by atoms with Gasteiger partial charge in [0.05, 0.1) is 6.54 Å². The van der Waals surface area contributed by atoms with E-state index < -0.39 is 30.2 Å². The maximum atomic E-state index is 12.2. The van der Waals surface area contributed by atoms with Gasteiger partial charge < -0.3 is 20.3 Å². The number of hydrogen-bond donors (Lipinski definition) is 3. The highest BCUT2D eigenvalue weighted by Crippen LogP contribution is 2.34. The SMILES string of the molecule is CNc1nc(=O)n2c3c1nnn3C[C@H]1OC2[C@H](O)[C@@H]1O. The van der Waals surface area contributed by atoms with Crippen molar-refractivity contribution in [2.24, 2.45) is 0 Å². The van der Waals surface area contributed by atoms with Crippen LogP contribution in [-0.2, 0) is 11.3 Å². The third-order valence-corrected chi connectivity index (χ3v) is 3.76. The van der Waals surface area contributed by atoms with E-state index in [2.05, 4.69) is 20.6 Å². The Morgan fingerprint density at radius 1 is 1.40 bits per heavy atom. The van der Waals surface area contributed by atoms with Crippen LogP contribution in [0.2, 0.25) is 0 Å². The van der Waals surface area contributed by atoms with E-state index in [1.54, 1.807) is 7.05 Å². The zero-order valence-corrected chi connectivity index (χ0v) is 10.5. The minimum absolute atomic E-state index is 0.206. The molecule has 2 aliphatic rings. The van der Waals surface area contributed by atoms with E-state index in [9.17, 15) is 15.0 Å². The smallest absolute Gasteiger partial charge is 0.353 e. The Labute approximate surface area is 111 Å². The zero-order valence-electron chi connectivity index (χ0n) is 10.5. The molecule has 4 heterocycles. The number of aromatic nitrogens is 5. The van der Waals surface area contributed by atoms with Crippen LogP contribution in [0.15, 0.2) is 4.79 Å². The van der Waals surface area contributed by atoms with Crippen LogP contribution < -0.4 is 11.0 Å². The molecule has 1 unspecified atom stereocenters. The van der Waals surface area contributed by atoms with Crippen molar-refractivity contribution in [3.05, 3.63) is 10.5 Å². The quantitative estimate of drug-likeness (QED) is 0.530. The summed E-state index contributed by atoms with van der Waals surface area (Å²) in [5.41, 5.74) is 0.252. The molecular weight excluding hydrogens is 268 g/mol. The average Bonchev–Trinajstić information content (AvgIpc) is 2.89. The summed E-state index contributed by atoms with van der Waals surface area (Å²) in [6, 6.07) is 0. The first-order chi connectivity index (χ1) is 9.61. The Morgan fingerprint density at radius 2 is 2.20 bits per heavy atom. The molecule has 0 radical (unpaired) electrons. The van der Waals surface area contributed by atoms with Crippen LogP contribution in [-0.4, -0.2) is 60.1 Å². The highest BCUT2D eigenvalue weighted by molar-refractivity contribution is 5.82. The Bertz CT molecular complexity index is 754. The van der Waals surface area contributed by atoms with Crippen molar-refractivity contribution in [1.29, 1.82) is 0 Å². The minimum Gasteiger partial charge on any atom is -0.387 e. The van der Waals surface area contributed by atoms with Gasteiger partial charge in [0.15, 0.2) is 23.2 Å². The number of aliphatic hydroxyl groups is 2. The van der Waals surface area contributed by atoms with Crippen LogP contribution in [0.5, 0.6) is 0 Å². The lowest BCUT2D eigenvalue weighted by molar-refractivity contribution is -0.0357. The highest BCUT2D eigenvalue weighted by Gasteiger charge is 2.47. The van der Waals surface area contributed by atoms with Crippen LogP contribution in [0, 0.1) is 0 Å². The molecular formula is C10H12N6O4. The molecule has 10 nitrogen and oxygen atoms in total. The van der Waals surface area contributed by atoms with Gasteiger partial charge in [-0.15, -0.1) is 5.10 Å². The van der Waals surface area contributed by atoms with Gasteiger partial charge in [0.2, 0.25) is 0 Å². The summed E-state index contributed by atoms with van der Waals surface area (Å²) >= 11 is 0. The number of anilines is 1. The van der Waals surface area contributed by atoms with Gasteiger partial charge in [-0.25, -0.2) is 14.0 Å². The van der Waals surface area contributed by atoms with Gasteiger partial charge in [0.1, 0.15) is 18.3 Å². The predicted octanol–water partition coefficient (Wildman–Crippen LogP) is -2.34. The molecule has 2 aliphatic heterocycles.